The first-order valence-corrected chi connectivity index (χ1v) is 11.4. The Labute approximate surface area is 170 Å². The number of allylic oxidation sites excluding steroid dienone is 2. The number of carbonyl (C=O) groups excluding carboxylic acids is 2. The predicted octanol–water partition coefficient (Wildman–Crippen LogP) is 0.577. The fourth-order valence-electron chi connectivity index (χ4n) is 4.07. The summed E-state index contributed by atoms with van der Waals surface area (Å²) in [6.45, 7) is 6.22. The maximum absolute atomic E-state index is 13.6. The van der Waals surface area contributed by atoms with Gasteiger partial charge in [0.2, 0.25) is 21.6 Å². The minimum Gasteiger partial charge on any atom is -0.378 e. The molecule has 2 saturated heterocycles. The Balaban J connectivity index is 1.81. The quantitative estimate of drug-likeness (QED) is 0.705. The van der Waals surface area contributed by atoms with Gasteiger partial charge in [-0.15, -0.1) is 0 Å². The lowest BCUT2D eigenvalue weighted by Gasteiger charge is -2.37. The van der Waals surface area contributed by atoms with Gasteiger partial charge in [0, 0.05) is 50.4 Å². The maximum atomic E-state index is 13.6. The molecule has 1 aromatic carbocycles. The third-order valence-electron chi connectivity index (χ3n) is 5.76. The van der Waals surface area contributed by atoms with Crippen molar-refractivity contribution < 1.29 is 22.7 Å². The van der Waals surface area contributed by atoms with E-state index in [1.54, 1.807) is 23.1 Å². The fourth-order valence-corrected chi connectivity index (χ4v) is 5.78. The molecule has 0 unspecified atom stereocenters. The van der Waals surface area contributed by atoms with Crippen LogP contribution in [0, 0.1) is 0 Å². The van der Waals surface area contributed by atoms with Crippen LogP contribution in [0.3, 0.4) is 0 Å². The molecule has 29 heavy (non-hydrogen) atoms. The number of hydrogen-bond acceptors (Lipinski definition) is 7. The number of ether oxygens (including phenoxy) is 1. The number of benzene rings is 1. The van der Waals surface area contributed by atoms with Crippen molar-refractivity contribution in [2.45, 2.75) is 6.92 Å². The van der Waals surface area contributed by atoms with E-state index in [-0.39, 0.29) is 21.7 Å². The Bertz CT molecular complexity index is 958. The maximum Gasteiger partial charge on any atom is 0.249 e. The van der Waals surface area contributed by atoms with Crippen molar-refractivity contribution in [3.63, 3.8) is 0 Å². The SMILES string of the molecule is CCN1CCN(S(=O)(=O)C2=C(N3CCOCC3)C(=O)c3ccccc3C2=O)CC1. The molecule has 0 bridgehead atoms. The summed E-state index contributed by atoms with van der Waals surface area (Å²) in [5.41, 5.74) is 0.406. The molecule has 2 heterocycles. The van der Waals surface area contributed by atoms with Crippen molar-refractivity contribution in [2.24, 2.45) is 0 Å². The van der Waals surface area contributed by atoms with Crippen LogP contribution in [0.2, 0.25) is 0 Å². The van der Waals surface area contributed by atoms with Gasteiger partial charge in [0.1, 0.15) is 5.70 Å². The normalized spacial score (nSPS) is 22.2. The van der Waals surface area contributed by atoms with E-state index in [9.17, 15) is 18.0 Å². The molecular weight excluding hydrogens is 394 g/mol. The summed E-state index contributed by atoms with van der Waals surface area (Å²) < 4.78 is 33.8. The van der Waals surface area contributed by atoms with Crippen LogP contribution >= 0.6 is 0 Å². The highest BCUT2D eigenvalue weighted by atomic mass is 32.2. The summed E-state index contributed by atoms with van der Waals surface area (Å²) in [4.78, 5) is 30.1. The van der Waals surface area contributed by atoms with Crippen LogP contribution in [0.15, 0.2) is 34.9 Å². The zero-order chi connectivity index (χ0) is 20.6. The van der Waals surface area contributed by atoms with E-state index in [1.165, 1.54) is 10.4 Å². The highest BCUT2D eigenvalue weighted by Gasteiger charge is 2.44. The molecule has 0 amide bonds. The van der Waals surface area contributed by atoms with E-state index in [2.05, 4.69) is 4.90 Å². The van der Waals surface area contributed by atoms with E-state index < -0.39 is 21.6 Å². The number of nitrogens with zero attached hydrogens (tertiary/aromatic N) is 3. The van der Waals surface area contributed by atoms with Gasteiger partial charge < -0.3 is 14.5 Å². The van der Waals surface area contributed by atoms with Gasteiger partial charge in [-0.25, -0.2) is 8.42 Å². The molecule has 4 rings (SSSR count). The van der Waals surface area contributed by atoms with Gasteiger partial charge >= 0.3 is 0 Å². The van der Waals surface area contributed by atoms with Gasteiger partial charge in [0.25, 0.3) is 0 Å². The standard InChI is InChI=1S/C20H25N3O5S/c1-2-21-7-9-23(10-8-21)29(26,27)20-17(22-11-13-28-14-12-22)18(24)15-5-3-4-6-16(15)19(20)25/h3-6H,2,7-14H2,1H3. The van der Waals surface area contributed by atoms with E-state index in [0.29, 0.717) is 52.5 Å². The zero-order valence-electron chi connectivity index (χ0n) is 16.5. The molecule has 1 aromatic rings. The number of ketones is 2. The number of rotatable bonds is 4. The van der Waals surface area contributed by atoms with Crippen LogP contribution in [-0.2, 0) is 14.8 Å². The number of morpholine rings is 1. The van der Waals surface area contributed by atoms with Crippen LogP contribution in [0.25, 0.3) is 0 Å². The smallest absolute Gasteiger partial charge is 0.249 e. The Morgan fingerprint density at radius 3 is 2.07 bits per heavy atom. The number of piperazine rings is 1. The number of Topliss-reactive ketones (excluding diaryl/α,β-unsaturated/α-hetero) is 2. The van der Waals surface area contributed by atoms with Gasteiger partial charge in [0.15, 0.2) is 4.91 Å². The highest BCUT2D eigenvalue weighted by Crippen LogP contribution is 2.33. The fraction of sp³-hybridized carbons (Fsp3) is 0.500. The number of sulfonamides is 1. The van der Waals surface area contributed by atoms with Gasteiger partial charge in [-0.05, 0) is 6.54 Å². The van der Waals surface area contributed by atoms with Crippen molar-refractivity contribution >= 4 is 21.6 Å². The lowest BCUT2D eigenvalue weighted by atomic mass is 9.91. The van der Waals surface area contributed by atoms with E-state index >= 15 is 0 Å². The van der Waals surface area contributed by atoms with Crippen molar-refractivity contribution in [3.8, 4) is 0 Å². The molecule has 2 aliphatic heterocycles. The second-order valence-electron chi connectivity index (χ2n) is 7.32. The Morgan fingerprint density at radius 1 is 0.897 bits per heavy atom. The molecule has 0 aromatic heterocycles. The summed E-state index contributed by atoms with van der Waals surface area (Å²) in [5, 5.41) is 0. The van der Waals surface area contributed by atoms with Crippen molar-refractivity contribution in [3.05, 3.63) is 46.0 Å². The molecular formula is C20H25N3O5S. The van der Waals surface area contributed by atoms with Gasteiger partial charge in [-0.3, -0.25) is 9.59 Å². The summed E-state index contributed by atoms with van der Waals surface area (Å²) >= 11 is 0. The highest BCUT2D eigenvalue weighted by molar-refractivity contribution is 7.94. The molecule has 3 aliphatic rings. The van der Waals surface area contributed by atoms with Crippen molar-refractivity contribution in [1.82, 2.24) is 14.1 Å². The molecule has 0 saturated carbocycles. The monoisotopic (exact) mass is 419 g/mol. The van der Waals surface area contributed by atoms with Crippen LogP contribution in [-0.4, -0.2) is 93.1 Å². The molecule has 0 N–H and O–H groups in total. The number of fused-ring (bicyclic) bond motifs is 1. The zero-order valence-corrected chi connectivity index (χ0v) is 17.3. The third-order valence-corrected chi connectivity index (χ3v) is 7.70. The minimum atomic E-state index is -4.11. The van der Waals surface area contributed by atoms with Crippen molar-refractivity contribution in [1.29, 1.82) is 0 Å². The largest absolute Gasteiger partial charge is 0.378 e. The van der Waals surface area contributed by atoms with Gasteiger partial charge in [-0.2, -0.15) is 4.31 Å². The first-order valence-electron chi connectivity index (χ1n) is 9.93. The van der Waals surface area contributed by atoms with Gasteiger partial charge in [-0.1, -0.05) is 31.2 Å². The predicted molar refractivity (Wildman–Crippen MR) is 107 cm³/mol. The van der Waals surface area contributed by atoms with E-state index in [0.717, 1.165) is 6.54 Å². The summed E-state index contributed by atoms with van der Waals surface area (Å²) in [6.07, 6.45) is 0. The third kappa shape index (κ3) is 3.52. The average molecular weight is 420 g/mol. The average Bonchev–Trinajstić information content (AvgIpc) is 2.76. The molecule has 0 radical (unpaired) electrons. The molecule has 1 aliphatic carbocycles. The van der Waals surface area contributed by atoms with Gasteiger partial charge in [0.05, 0.1) is 13.2 Å². The number of hydrogen-bond donors (Lipinski definition) is 0. The van der Waals surface area contributed by atoms with E-state index in [1.807, 2.05) is 6.92 Å². The number of carbonyl (C=O) groups is 2. The molecule has 0 spiro atoms. The summed E-state index contributed by atoms with van der Waals surface area (Å²) in [6, 6.07) is 6.44. The van der Waals surface area contributed by atoms with Crippen molar-refractivity contribution in [2.75, 3.05) is 59.0 Å². The first-order chi connectivity index (χ1) is 13.9. The minimum absolute atomic E-state index is 0.00470. The topological polar surface area (TPSA) is 87.2 Å². The van der Waals surface area contributed by atoms with Crippen LogP contribution in [0.4, 0.5) is 0 Å². The first kappa shape index (κ1) is 20.2. The van der Waals surface area contributed by atoms with Crippen LogP contribution < -0.4 is 0 Å². The van der Waals surface area contributed by atoms with Crippen LogP contribution in [0.1, 0.15) is 27.6 Å². The molecule has 156 valence electrons. The lowest BCUT2D eigenvalue weighted by molar-refractivity contribution is 0.0498. The Kier molecular flexibility index (Phi) is 5.56. The lowest BCUT2D eigenvalue weighted by Crippen LogP contribution is -2.50. The summed E-state index contributed by atoms with van der Waals surface area (Å²) in [5.74, 6) is -1.01. The number of likely N-dealkylation sites (N-methyl/N-ethyl adjacent to an activating group) is 1. The summed E-state index contributed by atoms with van der Waals surface area (Å²) in [7, 11) is -4.11. The molecule has 9 heteroatoms. The van der Waals surface area contributed by atoms with E-state index in [4.69, 9.17) is 4.74 Å². The second kappa shape index (κ2) is 7.98. The molecule has 2 fully saturated rings. The Hall–Kier alpha value is -2.07. The van der Waals surface area contributed by atoms with Crippen LogP contribution in [0.5, 0.6) is 0 Å². The molecule has 8 nitrogen and oxygen atoms in total. The second-order valence-corrected chi connectivity index (χ2v) is 9.19. The molecule has 0 atom stereocenters. The Morgan fingerprint density at radius 2 is 1.48 bits per heavy atom.